The number of pyridine rings is 1. The van der Waals surface area contributed by atoms with Crippen molar-refractivity contribution in [3.63, 3.8) is 0 Å². The first-order valence-electron chi connectivity index (χ1n) is 10.5. The van der Waals surface area contributed by atoms with E-state index in [2.05, 4.69) is 15.0 Å². The molecule has 0 aliphatic heterocycles. The molecule has 0 fully saturated rings. The van der Waals surface area contributed by atoms with Gasteiger partial charge in [0, 0.05) is 34.4 Å². The van der Waals surface area contributed by atoms with Gasteiger partial charge in [-0.25, -0.2) is 13.4 Å². The molecule has 7 nitrogen and oxygen atoms in total. The Morgan fingerprint density at radius 1 is 1.00 bits per heavy atom. The average Bonchev–Trinajstić information content (AvgIpc) is 3.22. The zero-order valence-electron chi connectivity index (χ0n) is 18.1. The van der Waals surface area contributed by atoms with E-state index >= 15 is 0 Å². The van der Waals surface area contributed by atoms with E-state index in [1.54, 1.807) is 42.1 Å². The highest BCUT2D eigenvalue weighted by atomic mass is 32.2. The molecule has 170 valence electrons. The number of nitrogens with zero attached hydrogens (tertiary/aromatic N) is 2. The zero-order valence-corrected chi connectivity index (χ0v) is 19.7. The molecule has 4 aromatic rings. The smallest absolute Gasteiger partial charge is 0.256 e. The summed E-state index contributed by atoms with van der Waals surface area (Å²) in [5.74, 6) is 0.473. The highest BCUT2D eigenvalue weighted by Gasteiger charge is 2.13. The first-order chi connectivity index (χ1) is 15.9. The van der Waals surface area contributed by atoms with Crippen molar-refractivity contribution in [2.75, 3.05) is 15.8 Å². The fourth-order valence-electron chi connectivity index (χ4n) is 3.31. The topological polar surface area (TPSA) is 92.6 Å². The van der Waals surface area contributed by atoms with Crippen LogP contribution in [0.1, 0.15) is 29.4 Å². The van der Waals surface area contributed by atoms with Crippen LogP contribution in [0.4, 0.5) is 11.4 Å². The molecule has 2 aromatic carbocycles. The second kappa shape index (κ2) is 10.1. The SMILES string of the molecule is CCCS(=O)(=O)Nc1ccc(NC(=O)c2ccccc2SCc2cn3ccccc3n2)cc1. The van der Waals surface area contributed by atoms with Crippen LogP contribution in [0.2, 0.25) is 0 Å². The Labute approximate surface area is 197 Å². The predicted molar refractivity (Wildman–Crippen MR) is 133 cm³/mol. The number of imidazole rings is 1. The molecular formula is C24H24N4O3S2. The van der Waals surface area contributed by atoms with E-state index in [4.69, 9.17) is 0 Å². The van der Waals surface area contributed by atoms with E-state index in [1.807, 2.05) is 60.1 Å². The van der Waals surface area contributed by atoms with Crippen molar-refractivity contribution in [3.8, 4) is 0 Å². The largest absolute Gasteiger partial charge is 0.322 e. The van der Waals surface area contributed by atoms with Gasteiger partial charge in [-0.2, -0.15) is 0 Å². The Kier molecular flexibility index (Phi) is 7.00. The lowest BCUT2D eigenvalue weighted by molar-refractivity contribution is 0.102. The van der Waals surface area contributed by atoms with Gasteiger partial charge in [-0.05, 0) is 55.0 Å². The van der Waals surface area contributed by atoms with Crippen molar-refractivity contribution >= 4 is 44.7 Å². The van der Waals surface area contributed by atoms with Gasteiger partial charge in [-0.1, -0.05) is 25.1 Å². The molecule has 0 spiro atoms. The molecule has 4 rings (SSSR count). The fraction of sp³-hybridized carbons (Fsp3) is 0.167. The molecule has 33 heavy (non-hydrogen) atoms. The molecule has 9 heteroatoms. The summed E-state index contributed by atoms with van der Waals surface area (Å²) in [7, 11) is -3.35. The molecule has 2 aromatic heterocycles. The van der Waals surface area contributed by atoms with Crippen LogP contribution in [-0.4, -0.2) is 29.5 Å². The minimum atomic E-state index is -3.35. The Morgan fingerprint density at radius 2 is 1.73 bits per heavy atom. The van der Waals surface area contributed by atoms with Crippen molar-refractivity contribution in [1.29, 1.82) is 0 Å². The molecule has 0 bridgehead atoms. The van der Waals surface area contributed by atoms with Gasteiger partial charge in [-0.15, -0.1) is 11.8 Å². The van der Waals surface area contributed by atoms with Gasteiger partial charge >= 0.3 is 0 Å². The van der Waals surface area contributed by atoms with E-state index in [1.165, 1.54) is 0 Å². The predicted octanol–water partition coefficient (Wildman–Crippen LogP) is 5.03. The Bertz CT molecular complexity index is 1330. The van der Waals surface area contributed by atoms with E-state index in [0.717, 1.165) is 16.2 Å². The van der Waals surface area contributed by atoms with Crippen molar-refractivity contribution < 1.29 is 13.2 Å². The van der Waals surface area contributed by atoms with Gasteiger partial charge in [0.05, 0.1) is 17.0 Å². The Morgan fingerprint density at radius 3 is 2.48 bits per heavy atom. The number of thioether (sulfide) groups is 1. The number of amides is 1. The molecule has 2 heterocycles. The highest BCUT2D eigenvalue weighted by molar-refractivity contribution is 7.98. The molecule has 0 aliphatic carbocycles. The Hall–Kier alpha value is -3.30. The second-order valence-electron chi connectivity index (χ2n) is 7.44. The summed E-state index contributed by atoms with van der Waals surface area (Å²) in [5.41, 5.74) is 3.43. The van der Waals surface area contributed by atoms with E-state index < -0.39 is 10.0 Å². The molecular weight excluding hydrogens is 456 g/mol. The molecule has 0 atom stereocenters. The fourth-order valence-corrected chi connectivity index (χ4v) is 5.38. The molecule has 0 saturated heterocycles. The maximum Gasteiger partial charge on any atom is 0.256 e. The molecule has 0 radical (unpaired) electrons. The van der Waals surface area contributed by atoms with Crippen LogP contribution in [0.5, 0.6) is 0 Å². The summed E-state index contributed by atoms with van der Waals surface area (Å²) in [6.45, 7) is 1.81. The normalized spacial score (nSPS) is 11.4. The minimum absolute atomic E-state index is 0.0644. The number of hydrogen-bond donors (Lipinski definition) is 2. The third-order valence-electron chi connectivity index (χ3n) is 4.81. The number of carbonyl (C=O) groups excluding carboxylic acids is 1. The summed E-state index contributed by atoms with van der Waals surface area (Å²) in [6, 6.07) is 19.9. The molecule has 0 saturated carbocycles. The number of carbonyl (C=O) groups is 1. The maximum atomic E-state index is 12.9. The zero-order chi connectivity index (χ0) is 23.3. The number of anilines is 2. The second-order valence-corrected chi connectivity index (χ2v) is 10.3. The molecule has 2 N–H and O–H groups in total. The van der Waals surface area contributed by atoms with Gasteiger partial charge in [0.2, 0.25) is 10.0 Å². The summed E-state index contributed by atoms with van der Waals surface area (Å²) < 4.78 is 28.3. The van der Waals surface area contributed by atoms with Gasteiger partial charge in [-0.3, -0.25) is 9.52 Å². The number of fused-ring (bicyclic) bond motifs is 1. The average molecular weight is 481 g/mol. The van der Waals surface area contributed by atoms with E-state index in [0.29, 0.717) is 29.1 Å². The van der Waals surface area contributed by atoms with Gasteiger partial charge in [0.15, 0.2) is 0 Å². The number of sulfonamides is 1. The number of hydrogen-bond acceptors (Lipinski definition) is 5. The van der Waals surface area contributed by atoms with Crippen LogP contribution in [0, 0.1) is 0 Å². The first-order valence-corrected chi connectivity index (χ1v) is 13.1. The third-order valence-corrected chi connectivity index (χ3v) is 7.41. The van der Waals surface area contributed by atoms with E-state index in [9.17, 15) is 13.2 Å². The van der Waals surface area contributed by atoms with Crippen LogP contribution in [-0.2, 0) is 15.8 Å². The minimum Gasteiger partial charge on any atom is -0.322 e. The van der Waals surface area contributed by atoms with E-state index in [-0.39, 0.29) is 11.7 Å². The Balaban J connectivity index is 1.42. The molecule has 1 amide bonds. The van der Waals surface area contributed by atoms with Crippen LogP contribution >= 0.6 is 11.8 Å². The summed E-state index contributed by atoms with van der Waals surface area (Å²) in [6.07, 6.45) is 4.48. The quantitative estimate of drug-likeness (QED) is 0.328. The first kappa shape index (κ1) is 22.9. The van der Waals surface area contributed by atoms with Crippen LogP contribution in [0.3, 0.4) is 0 Å². The van der Waals surface area contributed by atoms with Crippen LogP contribution in [0.15, 0.2) is 84.0 Å². The van der Waals surface area contributed by atoms with Crippen LogP contribution < -0.4 is 10.0 Å². The standard InChI is InChI=1S/C24H24N4O3S2/c1-2-15-33(30,31)27-19-12-10-18(11-13-19)26-24(29)21-7-3-4-8-22(21)32-17-20-16-28-14-6-5-9-23(28)25-20/h3-14,16,27H,2,15,17H2,1H3,(H,26,29). The van der Waals surface area contributed by atoms with Gasteiger partial charge in [0.1, 0.15) is 5.65 Å². The highest BCUT2D eigenvalue weighted by Crippen LogP contribution is 2.27. The van der Waals surface area contributed by atoms with Crippen molar-refractivity contribution in [3.05, 3.63) is 90.4 Å². The number of benzene rings is 2. The molecule has 0 unspecified atom stereocenters. The lowest BCUT2D eigenvalue weighted by atomic mass is 10.2. The summed E-state index contributed by atoms with van der Waals surface area (Å²) in [5, 5.41) is 2.88. The van der Waals surface area contributed by atoms with Gasteiger partial charge in [0.25, 0.3) is 5.91 Å². The molecule has 0 aliphatic rings. The monoisotopic (exact) mass is 480 g/mol. The lowest BCUT2D eigenvalue weighted by Crippen LogP contribution is -2.16. The summed E-state index contributed by atoms with van der Waals surface area (Å²) >= 11 is 1.55. The number of aromatic nitrogens is 2. The van der Waals surface area contributed by atoms with Crippen molar-refractivity contribution in [2.45, 2.75) is 24.0 Å². The van der Waals surface area contributed by atoms with Crippen molar-refractivity contribution in [2.24, 2.45) is 0 Å². The number of rotatable bonds is 9. The summed E-state index contributed by atoms with van der Waals surface area (Å²) in [4.78, 5) is 18.4. The van der Waals surface area contributed by atoms with Crippen molar-refractivity contribution in [1.82, 2.24) is 9.38 Å². The third kappa shape index (κ3) is 5.94. The maximum absolute atomic E-state index is 12.9. The van der Waals surface area contributed by atoms with Gasteiger partial charge < -0.3 is 9.72 Å². The van der Waals surface area contributed by atoms with Crippen LogP contribution in [0.25, 0.3) is 5.65 Å². The lowest BCUT2D eigenvalue weighted by Gasteiger charge is -2.11. The number of nitrogens with one attached hydrogen (secondary N) is 2.